The summed E-state index contributed by atoms with van der Waals surface area (Å²) in [5.74, 6) is -0.185. The second kappa shape index (κ2) is 10.0. The quantitative estimate of drug-likeness (QED) is 0.671. The lowest BCUT2D eigenvalue weighted by molar-refractivity contribution is -0.160. The van der Waals surface area contributed by atoms with Crippen molar-refractivity contribution in [2.45, 2.75) is 32.6 Å². The topological polar surface area (TPSA) is 59.5 Å². The van der Waals surface area contributed by atoms with Crippen molar-refractivity contribution in [1.82, 2.24) is 9.88 Å². The Morgan fingerprint density at radius 2 is 2.03 bits per heavy atom. The van der Waals surface area contributed by atoms with E-state index in [9.17, 15) is 9.59 Å². The van der Waals surface area contributed by atoms with Crippen molar-refractivity contribution in [1.29, 1.82) is 0 Å². The fourth-order valence-corrected chi connectivity index (χ4v) is 3.82. The van der Waals surface area contributed by atoms with E-state index in [2.05, 4.69) is 4.98 Å². The van der Waals surface area contributed by atoms with E-state index in [0.717, 1.165) is 24.0 Å². The van der Waals surface area contributed by atoms with Crippen molar-refractivity contribution in [2.75, 3.05) is 19.7 Å². The number of piperidine rings is 1. The van der Waals surface area contributed by atoms with Gasteiger partial charge in [-0.25, -0.2) is 0 Å². The summed E-state index contributed by atoms with van der Waals surface area (Å²) in [6.45, 7) is 3.22. The minimum absolute atomic E-state index is 0.0263. The molecule has 0 radical (unpaired) electrons. The highest BCUT2D eigenvalue weighted by molar-refractivity contribution is 5.82. The SMILES string of the molecule is CCOC(=O)C1(C/C=C/c2ccccc2)CCCN(C(=O)Cc2cccnc2)C1. The Morgan fingerprint density at radius 1 is 1.21 bits per heavy atom. The van der Waals surface area contributed by atoms with Gasteiger partial charge in [-0.05, 0) is 43.4 Å². The number of rotatable bonds is 7. The first kappa shape index (κ1) is 20.8. The third kappa shape index (κ3) is 5.53. The number of hydrogen-bond acceptors (Lipinski definition) is 4. The molecule has 5 nitrogen and oxygen atoms in total. The van der Waals surface area contributed by atoms with E-state index in [0.29, 0.717) is 32.5 Å². The van der Waals surface area contributed by atoms with Crippen LogP contribution in [-0.2, 0) is 20.7 Å². The fraction of sp³-hybridized carbons (Fsp3) is 0.375. The number of carbonyl (C=O) groups is 2. The summed E-state index contributed by atoms with van der Waals surface area (Å²) in [7, 11) is 0. The first-order valence-electron chi connectivity index (χ1n) is 10.2. The van der Waals surface area contributed by atoms with Gasteiger partial charge >= 0.3 is 5.97 Å². The third-order valence-electron chi connectivity index (χ3n) is 5.33. The van der Waals surface area contributed by atoms with E-state index in [1.54, 1.807) is 12.4 Å². The van der Waals surface area contributed by atoms with E-state index < -0.39 is 5.41 Å². The fourth-order valence-electron chi connectivity index (χ4n) is 3.82. The largest absolute Gasteiger partial charge is 0.466 e. The van der Waals surface area contributed by atoms with Crippen LogP contribution < -0.4 is 0 Å². The van der Waals surface area contributed by atoms with Gasteiger partial charge < -0.3 is 9.64 Å². The molecule has 1 aliphatic rings. The summed E-state index contributed by atoms with van der Waals surface area (Å²) in [5, 5.41) is 0. The smallest absolute Gasteiger partial charge is 0.314 e. The van der Waals surface area contributed by atoms with Gasteiger partial charge in [-0.2, -0.15) is 0 Å². The van der Waals surface area contributed by atoms with Crippen molar-refractivity contribution >= 4 is 18.0 Å². The summed E-state index contributed by atoms with van der Waals surface area (Å²) >= 11 is 0. The molecule has 1 fully saturated rings. The zero-order valence-electron chi connectivity index (χ0n) is 16.9. The number of esters is 1. The lowest BCUT2D eigenvalue weighted by Gasteiger charge is -2.40. The van der Waals surface area contributed by atoms with Crippen LogP contribution in [0.15, 0.2) is 60.9 Å². The molecule has 29 heavy (non-hydrogen) atoms. The van der Waals surface area contributed by atoms with Crippen molar-refractivity contribution in [3.63, 3.8) is 0 Å². The number of carbonyl (C=O) groups excluding carboxylic acids is 2. The zero-order valence-corrected chi connectivity index (χ0v) is 16.9. The molecule has 152 valence electrons. The van der Waals surface area contributed by atoms with E-state index in [4.69, 9.17) is 4.74 Å². The third-order valence-corrected chi connectivity index (χ3v) is 5.33. The van der Waals surface area contributed by atoms with Gasteiger partial charge in [-0.3, -0.25) is 14.6 Å². The second-order valence-corrected chi connectivity index (χ2v) is 7.47. The molecule has 0 bridgehead atoms. The maximum absolute atomic E-state index is 12.9. The Balaban J connectivity index is 1.73. The highest BCUT2D eigenvalue weighted by atomic mass is 16.5. The maximum Gasteiger partial charge on any atom is 0.314 e. The molecule has 0 N–H and O–H groups in total. The van der Waals surface area contributed by atoms with Crippen LogP contribution in [0, 0.1) is 5.41 Å². The molecule has 1 aromatic heterocycles. The van der Waals surface area contributed by atoms with Crippen molar-refractivity contribution < 1.29 is 14.3 Å². The number of nitrogens with zero attached hydrogens (tertiary/aromatic N) is 2. The second-order valence-electron chi connectivity index (χ2n) is 7.47. The van der Waals surface area contributed by atoms with Crippen molar-refractivity contribution in [3.05, 3.63) is 72.1 Å². The molecule has 2 aromatic rings. The lowest BCUT2D eigenvalue weighted by Crippen LogP contribution is -2.50. The predicted octanol–water partition coefficient (Wildman–Crippen LogP) is 3.90. The van der Waals surface area contributed by atoms with Crippen LogP contribution in [0.4, 0.5) is 0 Å². The number of pyridine rings is 1. The van der Waals surface area contributed by atoms with Crippen LogP contribution >= 0.6 is 0 Å². The zero-order chi connectivity index (χ0) is 20.5. The molecular formula is C24H28N2O3. The Hall–Kier alpha value is -2.95. The van der Waals surface area contributed by atoms with Gasteiger partial charge in [0.25, 0.3) is 0 Å². The molecule has 1 atom stereocenters. The van der Waals surface area contributed by atoms with Gasteiger partial charge in [0, 0.05) is 25.5 Å². The molecule has 1 aliphatic heterocycles. The van der Waals surface area contributed by atoms with Gasteiger partial charge in [-0.1, -0.05) is 48.6 Å². The van der Waals surface area contributed by atoms with E-state index in [1.807, 2.05) is 66.4 Å². The van der Waals surface area contributed by atoms with E-state index in [-0.39, 0.29) is 11.9 Å². The highest BCUT2D eigenvalue weighted by Crippen LogP contribution is 2.36. The van der Waals surface area contributed by atoms with Crippen LogP contribution in [0.5, 0.6) is 0 Å². The number of benzene rings is 1. The Morgan fingerprint density at radius 3 is 2.76 bits per heavy atom. The molecule has 1 amide bonds. The van der Waals surface area contributed by atoms with Crippen LogP contribution in [0.1, 0.15) is 37.3 Å². The highest BCUT2D eigenvalue weighted by Gasteiger charge is 2.43. The molecule has 0 aliphatic carbocycles. The first-order chi connectivity index (χ1) is 14.1. The maximum atomic E-state index is 12.9. The van der Waals surface area contributed by atoms with Gasteiger partial charge in [0.05, 0.1) is 18.4 Å². The van der Waals surface area contributed by atoms with Gasteiger partial charge in [0.1, 0.15) is 0 Å². The van der Waals surface area contributed by atoms with Gasteiger partial charge in [0.2, 0.25) is 5.91 Å². The molecule has 1 saturated heterocycles. The molecule has 0 spiro atoms. The summed E-state index contributed by atoms with van der Waals surface area (Å²) in [6.07, 6.45) is 9.82. The number of likely N-dealkylation sites (tertiary alicyclic amines) is 1. The minimum Gasteiger partial charge on any atom is -0.466 e. The Kier molecular flexibility index (Phi) is 7.17. The normalized spacial score (nSPS) is 19.3. The molecule has 2 heterocycles. The lowest BCUT2D eigenvalue weighted by atomic mass is 9.76. The first-order valence-corrected chi connectivity index (χ1v) is 10.2. The molecule has 1 unspecified atom stereocenters. The Bertz CT molecular complexity index is 836. The monoisotopic (exact) mass is 392 g/mol. The van der Waals surface area contributed by atoms with Gasteiger partial charge in [-0.15, -0.1) is 0 Å². The van der Waals surface area contributed by atoms with Crippen molar-refractivity contribution in [3.8, 4) is 0 Å². The van der Waals surface area contributed by atoms with Crippen LogP contribution in [0.3, 0.4) is 0 Å². The number of amides is 1. The minimum atomic E-state index is -0.690. The molecule has 5 heteroatoms. The number of allylic oxidation sites excluding steroid dienone is 1. The van der Waals surface area contributed by atoms with Gasteiger partial charge in [0.15, 0.2) is 0 Å². The molecule has 3 rings (SSSR count). The molecule has 0 saturated carbocycles. The van der Waals surface area contributed by atoms with Crippen LogP contribution in [-0.4, -0.2) is 41.5 Å². The van der Waals surface area contributed by atoms with Crippen LogP contribution in [0.2, 0.25) is 0 Å². The summed E-state index contributed by atoms with van der Waals surface area (Å²) in [6, 6.07) is 13.7. The molecule has 1 aromatic carbocycles. The van der Waals surface area contributed by atoms with Crippen molar-refractivity contribution in [2.24, 2.45) is 5.41 Å². The average Bonchev–Trinajstić information content (AvgIpc) is 2.75. The number of aromatic nitrogens is 1. The number of ether oxygens (including phenoxy) is 1. The predicted molar refractivity (Wildman–Crippen MR) is 113 cm³/mol. The summed E-state index contributed by atoms with van der Waals surface area (Å²) < 4.78 is 5.41. The average molecular weight is 392 g/mol. The van der Waals surface area contributed by atoms with E-state index in [1.165, 1.54) is 0 Å². The Labute approximate surface area is 172 Å². The van der Waals surface area contributed by atoms with E-state index >= 15 is 0 Å². The van der Waals surface area contributed by atoms with Crippen LogP contribution in [0.25, 0.3) is 6.08 Å². The molecular weight excluding hydrogens is 364 g/mol. The standard InChI is InChI=1S/C24H28N2O3/c1-2-29-23(28)24(13-6-11-20-9-4-3-5-10-20)14-8-16-26(19-24)22(27)17-21-12-7-15-25-18-21/h3-7,9-12,15,18H,2,8,13-14,16-17,19H2,1H3/b11-6+. The number of hydrogen-bond donors (Lipinski definition) is 0. The summed E-state index contributed by atoms with van der Waals surface area (Å²) in [4.78, 5) is 31.6. The summed E-state index contributed by atoms with van der Waals surface area (Å²) in [5.41, 5.74) is 1.28.